The molecule has 6 nitrogen and oxygen atoms in total. The van der Waals surface area contributed by atoms with E-state index in [9.17, 15) is 0 Å². The van der Waals surface area contributed by atoms with Gasteiger partial charge in [0.25, 0.3) is 0 Å². The van der Waals surface area contributed by atoms with Gasteiger partial charge in [0.2, 0.25) is 5.89 Å². The average molecular weight is 289 g/mol. The maximum Gasteiger partial charge on any atom is 0.234 e. The van der Waals surface area contributed by atoms with Crippen LogP contribution < -0.4 is 10.5 Å². The first kappa shape index (κ1) is 14.0. The van der Waals surface area contributed by atoms with E-state index in [0.717, 1.165) is 17.7 Å². The van der Waals surface area contributed by atoms with Crippen LogP contribution in [0.4, 0.5) is 0 Å². The van der Waals surface area contributed by atoms with E-state index in [0.29, 0.717) is 24.9 Å². The molecule has 0 amide bonds. The minimum atomic E-state index is -0.763. The number of fused-ring (bicyclic) bond motifs is 1. The van der Waals surface area contributed by atoms with Gasteiger partial charge in [-0.3, -0.25) is 0 Å². The summed E-state index contributed by atoms with van der Waals surface area (Å²) in [5, 5.41) is 4.02. The van der Waals surface area contributed by atoms with Crippen LogP contribution in [0.25, 0.3) is 0 Å². The molecule has 0 saturated heterocycles. The molecule has 2 heterocycles. The molecule has 2 unspecified atom stereocenters. The maximum atomic E-state index is 6.15. The topological polar surface area (TPSA) is 83.4 Å². The van der Waals surface area contributed by atoms with Crippen molar-refractivity contribution in [2.45, 2.75) is 24.8 Å². The van der Waals surface area contributed by atoms with E-state index in [1.54, 1.807) is 7.11 Å². The Balaban J connectivity index is 1.91. The summed E-state index contributed by atoms with van der Waals surface area (Å²) in [5.41, 5.74) is 6.46. The third-order valence-electron chi connectivity index (χ3n) is 3.65. The number of para-hydroxylation sites is 1. The largest absolute Gasteiger partial charge is 0.493 e. The van der Waals surface area contributed by atoms with Crippen LogP contribution in [-0.4, -0.2) is 30.5 Å². The number of nitrogens with zero attached hydrogens (tertiary/aromatic N) is 2. The van der Waals surface area contributed by atoms with Crippen molar-refractivity contribution in [1.82, 2.24) is 10.1 Å². The molecule has 1 aromatic carbocycles. The highest BCUT2D eigenvalue weighted by atomic mass is 16.5. The van der Waals surface area contributed by atoms with Crippen molar-refractivity contribution >= 4 is 0 Å². The molecule has 2 aromatic rings. The van der Waals surface area contributed by atoms with Gasteiger partial charge in [0.05, 0.1) is 19.1 Å². The third kappa shape index (κ3) is 2.64. The monoisotopic (exact) mass is 289 g/mol. The standard InChI is InChI=1S/C15H19N3O3/c1-15(16,9-19-2)14-17-13(21-18-14)11-7-8-20-12-6-4-3-5-10(11)12/h3-6,11H,7-9,16H2,1-2H3. The highest BCUT2D eigenvalue weighted by Gasteiger charge is 2.32. The Bertz CT molecular complexity index is 624. The Labute approximate surface area is 123 Å². The van der Waals surface area contributed by atoms with Gasteiger partial charge in [-0.25, -0.2) is 0 Å². The lowest BCUT2D eigenvalue weighted by Crippen LogP contribution is -2.39. The summed E-state index contributed by atoms with van der Waals surface area (Å²) in [6, 6.07) is 7.92. The Morgan fingerprint density at radius 3 is 3.05 bits per heavy atom. The van der Waals surface area contributed by atoms with E-state index in [2.05, 4.69) is 10.1 Å². The molecule has 0 bridgehead atoms. The van der Waals surface area contributed by atoms with Crippen LogP contribution in [0.15, 0.2) is 28.8 Å². The first-order valence-corrected chi connectivity index (χ1v) is 6.95. The van der Waals surface area contributed by atoms with Gasteiger partial charge in [-0.1, -0.05) is 23.4 Å². The number of hydrogen-bond donors (Lipinski definition) is 1. The van der Waals surface area contributed by atoms with E-state index < -0.39 is 5.54 Å². The van der Waals surface area contributed by atoms with Crippen LogP contribution in [0.2, 0.25) is 0 Å². The van der Waals surface area contributed by atoms with Gasteiger partial charge in [-0.15, -0.1) is 0 Å². The molecule has 0 fully saturated rings. The number of hydrogen-bond acceptors (Lipinski definition) is 6. The van der Waals surface area contributed by atoms with Gasteiger partial charge in [0.15, 0.2) is 5.82 Å². The van der Waals surface area contributed by atoms with Crippen LogP contribution in [-0.2, 0) is 10.3 Å². The molecule has 2 atom stereocenters. The van der Waals surface area contributed by atoms with Gasteiger partial charge < -0.3 is 19.7 Å². The molecule has 3 rings (SSSR count). The van der Waals surface area contributed by atoms with Crippen LogP contribution in [0.1, 0.15) is 36.5 Å². The lowest BCUT2D eigenvalue weighted by atomic mass is 9.93. The van der Waals surface area contributed by atoms with Crippen LogP contribution in [0.3, 0.4) is 0 Å². The molecule has 2 N–H and O–H groups in total. The second-order valence-corrected chi connectivity index (χ2v) is 5.53. The minimum absolute atomic E-state index is 0.0505. The number of rotatable bonds is 4. The fourth-order valence-corrected chi connectivity index (χ4v) is 2.57. The zero-order chi connectivity index (χ0) is 14.9. The highest BCUT2D eigenvalue weighted by Crippen LogP contribution is 2.37. The number of nitrogens with two attached hydrogens (primary N) is 1. The van der Waals surface area contributed by atoms with Crippen molar-refractivity contribution in [2.24, 2.45) is 5.73 Å². The van der Waals surface area contributed by atoms with Crippen molar-refractivity contribution < 1.29 is 14.0 Å². The molecule has 0 aliphatic carbocycles. The summed E-state index contributed by atoms with van der Waals surface area (Å²) >= 11 is 0. The molecule has 1 aromatic heterocycles. The predicted molar refractivity (Wildman–Crippen MR) is 76.1 cm³/mol. The van der Waals surface area contributed by atoms with Crippen molar-refractivity contribution in [2.75, 3.05) is 20.3 Å². The van der Waals surface area contributed by atoms with E-state index in [4.69, 9.17) is 19.7 Å². The van der Waals surface area contributed by atoms with Crippen molar-refractivity contribution in [3.63, 3.8) is 0 Å². The predicted octanol–water partition coefficient (Wildman–Crippen LogP) is 1.80. The number of aromatic nitrogens is 2. The van der Waals surface area contributed by atoms with Crippen molar-refractivity contribution in [3.8, 4) is 5.75 Å². The number of ether oxygens (including phenoxy) is 2. The second kappa shape index (κ2) is 5.46. The lowest BCUT2D eigenvalue weighted by Gasteiger charge is -2.23. The van der Waals surface area contributed by atoms with E-state index in [1.165, 1.54) is 0 Å². The normalized spacial score (nSPS) is 20.4. The SMILES string of the molecule is COCC(C)(N)c1noc(C2CCOc3ccccc32)n1. The van der Waals surface area contributed by atoms with E-state index in [1.807, 2.05) is 31.2 Å². The summed E-state index contributed by atoms with van der Waals surface area (Å²) < 4.78 is 16.2. The molecule has 1 aliphatic heterocycles. The molecule has 112 valence electrons. The first-order chi connectivity index (χ1) is 10.1. The fourth-order valence-electron chi connectivity index (χ4n) is 2.57. The summed E-state index contributed by atoms with van der Waals surface area (Å²) in [5.74, 6) is 1.97. The third-order valence-corrected chi connectivity index (χ3v) is 3.65. The van der Waals surface area contributed by atoms with E-state index >= 15 is 0 Å². The molecule has 0 saturated carbocycles. The molecule has 21 heavy (non-hydrogen) atoms. The van der Waals surface area contributed by atoms with E-state index in [-0.39, 0.29) is 5.92 Å². The Hall–Kier alpha value is -1.92. The molecule has 1 aliphatic rings. The summed E-state index contributed by atoms with van der Waals surface area (Å²) in [4.78, 5) is 4.48. The molecular weight excluding hydrogens is 270 g/mol. The van der Waals surface area contributed by atoms with Crippen LogP contribution in [0, 0.1) is 0 Å². The van der Waals surface area contributed by atoms with Gasteiger partial charge in [0, 0.05) is 12.7 Å². The van der Waals surface area contributed by atoms with Crippen LogP contribution in [0.5, 0.6) is 5.75 Å². The molecular formula is C15H19N3O3. The first-order valence-electron chi connectivity index (χ1n) is 6.95. The smallest absolute Gasteiger partial charge is 0.234 e. The number of methoxy groups -OCH3 is 1. The second-order valence-electron chi connectivity index (χ2n) is 5.53. The average Bonchev–Trinajstić information content (AvgIpc) is 2.97. The Morgan fingerprint density at radius 2 is 2.24 bits per heavy atom. The maximum absolute atomic E-state index is 6.15. The van der Waals surface area contributed by atoms with Gasteiger partial charge >= 0.3 is 0 Å². The quantitative estimate of drug-likeness (QED) is 0.924. The molecule has 0 radical (unpaired) electrons. The lowest BCUT2D eigenvalue weighted by molar-refractivity contribution is 0.135. The van der Waals surface area contributed by atoms with Gasteiger partial charge in [-0.05, 0) is 19.4 Å². The van der Waals surface area contributed by atoms with Crippen molar-refractivity contribution in [3.05, 3.63) is 41.5 Å². The summed E-state index contributed by atoms with van der Waals surface area (Å²) in [7, 11) is 1.60. The zero-order valence-electron chi connectivity index (χ0n) is 12.2. The van der Waals surface area contributed by atoms with Crippen LogP contribution >= 0.6 is 0 Å². The molecule has 6 heteroatoms. The summed E-state index contributed by atoms with van der Waals surface area (Å²) in [6.45, 7) is 2.79. The molecule has 0 spiro atoms. The Morgan fingerprint density at radius 1 is 1.43 bits per heavy atom. The highest BCUT2D eigenvalue weighted by molar-refractivity contribution is 5.40. The zero-order valence-corrected chi connectivity index (χ0v) is 12.2. The number of benzene rings is 1. The Kier molecular flexibility index (Phi) is 3.65. The minimum Gasteiger partial charge on any atom is -0.493 e. The summed E-state index contributed by atoms with van der Waals surface area (Å²) in [6.07, 6.45) is 0.810. The van der Waals surface area contributed by atoms with Gasteiger partial charge in [0.1, 0.15) is 11.3 Å². The van der Waals surface area contributed by atoms with Crippen molar-refractivity contribution in [1.29, 1.82) is 0 Å². The van der Waals surface area contributed by atoms with Gasteiger partial charge in [-0.2, -0.15) is 4.98 Å². The fraction of sp³-hybridized carbons (Fsp3) is 0.467.